The van der Waals surface area contributed by atoms with Crippen molar-refractivity contribution in [3.05, 3.63) is 76.0 Å². The molecule has 1 N–H and O–H groups in total. The molecule has 1 aromatic heterocycles. The summed E-state index contributed by atoms with van der Waals surface area (Å²) in [7, 11) is 0. The molecule has 1 aliphatic heterocycles. The number of carbonyl (C=O) groups is 2. The smallest absolute Gasteiger partial charge is 0.325 e. The summed E-state index contributed by atoms with van der Waals surface area (Å²) in [5.74, 6) is -0.211. The number of nitro groups is 1. The van der Waals surface area contributed by atoms with Crippen LogP contribution in [0.2, 0.25) is 0 Å². The van der Waals surface area contributed by atoms with Crippen LogP contribution in [0.5, 0.6) is 0 Å². The highest BCUT2D eigenvalue weighted by Crippen LogP contribution is 2.34. The maximum atomic E-state index is 13.0. The monoisotopic (exact) mass is 365 g/mol. The van der Waals surface area contributed by atoms with Gasteiger partial charge in [0.2, 0.25) is 0 Å². The highest BCUT2D eigenvalue weighted by atomic mass is 16.6. The molecule has 1 aliphatic rings. The van der Waals surface area contributed by atoms with Gasteiger partial charge in [0, 0.05) is 17.0 Å². The number of hydrogen-bond acceptors (Lipinski definition) is 5. The molecule has 8 nitrogen and oxygen atoms in total. The summed E-state index contributed by atoms with van der Waals surface area (Å²) in [5, 5.41) is 14.7. The van der Waals surface area contributed by atoms with E-state index < -0.39 is 22.4 Å². The SMILES string of the molecule is CC1(c2cc3ccccc3o2)NC(=O)N(Cc2ccccc2[N+](=O)[O-])C1=O. The first-order valence-corrected chi connectivity index (χ1v) is 8.25. The van der Waals surface area contributed by atoms with Crippen LogP contribution >= 0.6 is 0 Å². The second-order valence-corrected chi connectivity index (χ2v) is 6.48. The van der Waals surface area contributed by atoms with E-state index in [0.29, 0.717) is 11.3 Å². The number of nitrogens with zero attached hydrogens (tertiary/aromatic N) is 2. The van der Waals surface area contributed by atoms with Gasteiger partial charge in [0.25, 0.3) is 11.6 Å². The van der Waals surface area contributed by atoms with Crippen molar-refractivity contribution in [3.63, 3.8) is 0 Å². The lowest BCUT2D eigenvalue weighted by molar-refractivity contribution is -0.385. The van der Waals surface area contributed by atoms with Crippen LogP contribution in [-0.4, -0.2) is 21.8 Å². The molecule has 4 rings (SSSR count). The van der Waals surface area contributed by atoms with E-state index in [0.717, 1.165) is 10.3 Å². The molecule has 3 amide bonds. The number of amides is 3. The zero-order valence-electron chi connectivity index (χ0n) is 14.3. The van der Waals surface area contributed by atoms with Crippen molar-refractivity contribution in [1.29, 1.82) is 0 Å². The van der Waals surface area contributed by atoms with Gasteiger partial charge in [-0.2, -0.15) is 0 Å². The van der Waals surface area contributed by atoms with Gasteiger partial charge >= 0.3 is 6.03 Å². The van der Waals surface area contributed by atoms with Crippen LogP contribution in [-0.2, 0) is 16.9 Å². The van der Waals surface area contributed by atoms with E-state index in [1.807, 2.05) is 18.2 Å². The number of para-hydroxylation sites is 2. The number of fused-ring (bicyclic) bond motifs is 1. The van der Waals surface area contributed by atoms with E-state index >= 15 is 0 Å². The van der Waals surface area contributed by atoms with Crippen molar-refractivity contribution in [2.24, 2.45) is 0 Å². The van der Waals surface area contributed by atoms with Crippen LogP contribution < -0.4 is 5.32 Å². The zero-order chi connectivity index (χ0) is 19.2. The van der Waals surface area contributed by atoms with E-state index in [4.69, 9.17) is 4.42 Å². The van der Waals surface area contributed by atoms with Crippen molar-refractivity contribution >= 4 is 28.6 Å². The molecule has 0 bridgehead atoms. The number of benzene rings is 2. The number of imide groups is 1. The Morgan fingerprint density at radius 2 is 1.85 bits per heavy atom. The predicted octanol–water partition coefficient (Wildman–Crippen LogP) is 3.31. The van der Waals surface area contributed by atoms with E-state index in [2.05, 4.69) is 5.32 Å². The fraction of sp³-hybridized carbons (Fsp3) is 0.158. The number of hydrogen-bond donors (Lipinski definition) is 1. The third-order valence-electron chi connectivity index (χ3n) is 4.71. The molecule has 27 heavy (non-hydrogen) atoms. The summed E-state index contributed by atoms with van der Waals surface area (Å²) in [4.78, 5) is 37.1. The number of carbonyl (C=O) groups excluding carboxylic acids is 2. The Morgan fingerprint density at radius 3 is 2.59 bits per heavy atom. The molecule has 1 saturated heterocycles. The van der Waals surface area contributed by atoms with Crippen LogP contribution in [0, 0.1) is 10.1 Å². The standard InChI is InChI=1S/C19H15N3O5/c1-19(16-10-12-6-3-5-9-15(12)27-16)17(23)21(18(24)20-19)11-13-7-2-4-8-14(13)22(25)26/h2-10H,11H2,1H3,(H,20,24). The van der Waals surface area contributed by atoms with Crippen LogP contribution in [0.1, 0.15) is 18.2 Å². The van der Waals surface area contributed by atoms with Crippen LogP contribution in [0.4, 0.5) is 10.5 Å². The van der Waals surface area contributed by atoms with Gasteiger partial charge in [-0.3, -0.25) is 19.8 Å². The lowest BCUT2D eigenvalue weighted by Crippen LogP contribution is -2.40. The third-order valence-corrected chi connectivity index (χ3v) is 4.71. The van der Waals surface area contributed by atoms with Gasteiger partial charge in [-0.25, -0.2) is 4.79 Å². The Labute approximate surface area is 153 Å². The van der Waals surface area contributed by atoms with E-state index in [9.17, 15) is 19.7 Å². The highest BCUT2D eigenvalue weighted by Gasteiger charge is 2.51. The Balaban J connectivity index is 1.69. The zero-order valence-corrected chi connectivity index (χ0v) is 14.3. The van der Waals surface area contributed by atoms with E-state index in [1.54, 1.807) is 25.1 Å². The largest absolute Gasteiger partial charge is 0.458 e. The van der Waals surface area contributed by atoms with Gasteiger partial charge in [-0.15, -0.1) is 0 Å². The summed E-state index contributed by atoms with van der Waals surface area (Å²) >= 11 is 0. The number of furan rings is 1. The van der Waals surface area contributed by atoms with Crippen LogP contribution in [0.25, 0.3) is 11.0 Å². The molecule has 2 heterocycles. The molecule has 0 saturated carbocycles. The molecule has 1 atom stereocenters. The summed E-state index contributed by atoms with van der Waals surface area (Å²) in [6.07, 6.45) is 0. The lowest BCUT2D eigenvalue weighted by atomic mass is 9.98. The fourth-order valence-electron chi connectivity index (χ4n) is 3.23. The number of urea groups is 1. The molecular formula is C19H15N3O5. The first-order valence-electron chi connectivity index (χ1n) is 8.25. The van der Waals surface area contributed by atoms with Gasteiger partial charge < -0.3 is 9.73 Å². The minimum atomic E-state index is -1.38. The Hall–Kier alpha value is -3.68. The maximum Gasteiger partial charge on any atom is 0.325 e. The normalized spacial score (nSPS) is 19.5. The molecule has 1 unspecified atom stereocenters. The minimum absolute atomic E-state index is 0.143. The summed E-state index contributed by atoms with van der Waals surface area (Å²) < 4.78 is 5.76. The van der Waals surface area contributed by atoms with E-state index in [-0.39, 0.29) is 17.8 Å². The second-order valence-electron chi connectivity index (χ2n) is 6.48. The minimum Gasteiger partial charge on any atom is -0.458 e. The van der Waals surface area contributed by atoms with Gasteiger partial charge in [0.05, 0.1) is 11.5 Å². The van der Waals surface area contributed by atoms with Crippen molar-refractivity contribution in [2.45, 2.75) is 19.0 Å². The van der Waals surface area contributed by atoms with Crippen LogP contribution in [0.15, 0.2) is 59.0 Å². The second kappa shape index (κ2) is 5.94. The number of rotatable bonds is 4. The highest BCUT2D eigenvalue weighted by molar-refractivity contribution is 6.07. The van der Waals surface area contributed by atoms with Gasteiger partial charge in [-0.1, -0.05) is 36.4 Å². The average Bonchev–Trinajstić information content (AvgIpc) is 3.18. The first kappa shape index (κ1) is 16.8. The Bertz CT molecular complexity index is 1060. The van der Waals surface area contributed by atoms with Crippen LogP contribution in [0.3, 0.4) is 0 Å². The van der Waals surface area contributed by atoms with E-state index in [1.165, 1.54) is 18.2 Å². The summed E-state index contributed by atoms with van der Waals surface area (Å²) in [6.45, 7) is 1.36. The molecule has 0 aliphatic carbocycles. The quantitative estimate of drug-likeness (QED) is 0.434. The molecular weight excluding hydrogens is 350 g/mol. The maximum absolute atomic E-state index is 13.0. The molecule has 136 valence electrons. The van der Waals surface area contributed by atoms with Crippen molar-refractivity contribution in [1.82, 2.24) is 10.2 Å². The van der Waals surface area contributed by atoms with Crippen molar-refractivity contribution in [3.8, 4) is 0 Å². The number of nitro benzene ring substituents is 1. The number of nitrogens with one attached hydrogen (secondary N) is 1. The Morgan fingerprint density at radius 1 is 1.15 bits per heavy atom. The molecule has 0 radical (unpaired) electrons. The molecule has 1 fully saturated rings. The fourth-order valence-corrected chi connectivity index (χ4v) is 3.23. The van der Waals surface area contributed by atoms with Gasteiger partial charge in [-0.05, 0) is 19.1 Å². The van der Waals surface area contributed by atoms with Gasteiger partial charge in [0.15, 0.2) is 5.54 Å². The first-order chi connectivity index (χ1) is 12.9. The average molecular weight is 365 g/mol. The van der Waals surface area contributed by atoms with Crippen molar-refractivity contribution < 1.29 is 18.9 Å². The van der Waals surface area contributed by atoms with Crippen molar-refractivity contribution in [2.75, 3.05) is 0 Å². The molecule has 3 aromatic rings. The lowest BCUT2D eigenvalue weighted by Gasteiger charge is -2.19. The van der Waals surface area contributed by atoms with Gasteiger partial charge in [0.1, 0.15) is 11.3 Å². The molecule has 8 heteroatoms. The molecule has 0 spiro atoms. The third kappa shape index (κ3) is 2.62. The predicted molar refractivity (Wildman–Crippen MR) is 95.7 cm³/mol. The summed E-state index contributed by atoms with van der Waals surface area (Å²) in [6, 6.07) is 14.4. The summed E-state index contributed by atoms with van der Waals surface area (Å²) in [5.41, 5.74) is -0.636. The molecule has 2 aromatic carbocycles. The Kier molecular flexibility index (Phi) is 3.69. The topological polar surface area (TPSA) is 106 Å².